The molecule has 1 aromatic rings. The van der Waals surface area contributed by atoms with Crippen LogP contribution >= 0.6 is 0 Å². The number of rotatable bonds is 7. The van der Waals surface area contributed by atoms with E-state index in [1.54, 1.807) is 0 Å². The highest BCUT2D eigenvalue weighted by Gasteiger charge is 2.47. The van der Waals surface area contributed by atoms with E-state index in [1.807, 2.05) is 0 Å². The van der Waals surface area contributed by atoms with Gasteiger partial charge in [0.25, 0.3) is 0 Å². The van der Waals surface area contributed by atoms with Crippen molar-refractivity contribution in [1.82, 2.24) is 10.2 Å². The minimum absolute atomic E-state index is 0.0721. The summed E-state index contributed by atoms with van der Waals surface area (Å²) in [7, 11) is 0. The van der Waals surface area contributed by atoms with Gasteiger partial charge in [-0.05, 0) is 35.8 Å². The summed E-state index contributed by atoms with van der Waals surface area (Å²) in [5.41, 5.74) is 2.35. The van der Waals surface area contributed by atoms with Gasteiger partial charge in [-0.25, -0.2) is 0 Å². The van der Waals surface area contributed by atoms with Gasteiger partial charge < -0.3 is 5.32 Å². The van der Waals surface area contributed by atoms with Crippen LogP contribution in [0.15, 0.2) is 24.3 Å². The molecule has 1 saturated heterocycles. The number of likely N-dealkylation sites (tertiary alicyclic amines) is 1. The lowest BCUT2D eigenvalue weighted by atomic mass is 9.81. The maximum absolute atomic E-state index is 12.6. The molecule has 2 aliphatic rings. The number of nitrogens with one attached hydrogen (secondary N) is 1. The molecule has 1 aromatic carbocycles. The molecule has 158 valence electrons. The molecular formula is C24H34N2O3. The Labute approximate surface area is 174 Å². The zero-order valence-corrected chi connectivity index (χ0v) is 18.1. The van der Waals surface area contributed by atoms with Crippen LogP contribution in [0, 0.1) is 17.8 Å². The van der Waals surface area contributed by atoms with Gasteiger partial charge in [0.2, 0.25) is 17.7 Å². The first-order valence-corrected chi connectivity index (χ1v) is 11.0. The van der Waals surface area contributed by atoms with Gasteiger partial charge in [-0.3, -0.25) is 19.3 Å². The van der Waals surface area contributed by atoms with Crippen molar-refractivity contribution in [2.45, 2.75) is 71.8 Å². The number of carbonyl (C=O) groups is 3. The fourth-order valence-electron chi connectivity index (χ4n) is 4.63. The van der Waals surface area contributed by atoms with Gasteiger partial charge in [0, 0.05) is 13.0 Å². The Balaban J connectivity index is 1.59. The summed E-state index contributed by atoms with van der Waals surface area (Å²) in [5.74, 6) is 0.142. The van der Waals surface area contributed by atoms with Gasteiger partial charge in [-0.1, -0.05) is 64.8 Å². The van der Waals surface area contributed by atoms with Crippen LogP contribution in [0.5, 0.6) is 0 Å². The normalized spacial score (nSPS) is 22.9. The van der Waals surface area contributed by atoms with E-state index in [9.17, 15) is 14.4 Å². The molecule has 2 fully saturated rings. The third kappa shape index (κ3) is 4.71. The van der Waals surface area contributed by atoms with Crippen molar-refractivity contribution in [3.05, 3.63) is 35.4 Å². The number of carbonyl (C=O) groups excluding carboxylic acids is 3. The molecule has 1 heterocycles. The Morgan fingerprint density at radius 2 is 1.48 bits per heavy atom. The van der Waals surface area contributed by atoms with E-state index in [1.165, 1.54) is 10.5 Å². The van der Waals surface area contributed by atoms with E-state index >= 15 is 0 Å². The lowest BCUT2D eigenvalue weighted by Crippen LogP contribution is -2.37. The highest BCUT2D eigenvalue weighted by molar-refractivity contribution is 6.05. The maximum atomic E-state index is 12.6. The third-order valence-electron chi connectivity index (χ3n) is 6.44. The van der Waals surface area contributed by atoms with Crippen LogP contribution in [-0.4, -0.2) is 29.2 Å². The second-order valence-electron chi connectivity index (χ2n) is 9.19. The molecule has 1 aliphatic carbocycles. The number of nitrogens with zero attached hydrogens (tertiary/aromatic N) is 1. The van der Waals surface area contributed by atoms with E-state index in [0.29, 0.717) is 5.92 Å². The molecule has 5 heteroatoms. The Morgan fingerprint density at radius 1 is 0.966 bits per heavy atom. The fourth-order valence-corrected chi connectivity index (χ4v) is 4.63. The summed E-state index contributed by atoms with van der Waals surface area (Å²) in [5, 5.41) is 3.11. The molecule has 3 atom stereocenters. The van der Waals surface area contributed by atoms with Gasteiger partial charge in [-0.2, -0.15) is 0 Å². The topological polar surface area (TPSA) is 66.5 Å². The largest absolute Gasteiger partial charge is 0.349 e. The van der Waals surface area contributed by atoms with Crippen LogP contribution in [0.25, 0.3) is 0 Å². The van der Waals surface area contributed by atoms with Crippen molar-refractivity contribution in [1.29, 1.82) is 0 Å². The van der Waals surface area contributed by atoms with Crippen LogP contribution < -0.4 is 5.32 Å². The molecule has 0 bridgehead atoms. The van der Waals surface area contributed by atoms with Crippen molar-refractivity contribution in [3.63, 3.8) is 0 Å². The number of fused-ring (bicyclic) bond motifs is 1. The molecule has 29 heavy (non-hydrogen) atoms. The number of benzene rings is 1. The average Bonchev–Trinajstić information content (AvgIpc) is 2.95. The standard InChI is InChI=1S/C24H34N2O3/c1-15(2)17-9-11-18(12-10-17)22(16(3)4)25-21(27)13-14-26-23(28)19-7-5-6-8-20(19)24(26)29/h9-12,15-16,19-20,22H,5-8,13-14H2,1-4H3,(H,25,27)/t19-,20-,22+/m0/s1. The van der Waals surface area contributed by atoms with Crippen molar-refractivity contribution >= 4 is 17.7 Å². The van der Waals surface area contributed by atoms with Gasteiger partial charge >= 0.3 is 0 Å². The van der Waals surface area contributed by atoms with Gasteiger partial charge in [0.05, 0.1) is 17.9 Å². The lowest BCUT2D eigenvalue weighted by Gasteiger charge is -2.24. The molecule has 1 aliphatic heterocycles. The van der Waals surface area contributed by atoms with Gasteiger partial charge in [0.15, 0.2) is 0 Å². The second-order valence-corrected chi connectivity index (χ2v) is 9.19. The Hall–Kier alpha value is -2.17. The van der Waals surface area contributed by atoms with Crippen LogP contribution in [0.4, 0.5) is 0 Å². The van der Waals surface area contributed by atoms with Crippen molar-refractivity contribution in [3.8, 4) is 0 Å². The predicted octanol–water partition coefficient (Wildman–Crippen LogP) is 4.19. The Kier molecular flexibility index (Phi) is 6.76. The number of hydrogen-bond acceptors (Lipinski definition) is 3. The van der Waals surface area contributed by atoms with E-state index in [2.05, 4.69) is 57.3 Å². The minimum atomic E-state index is -0.151. The number of amides is 3. The zero-order valence-electron chi connectivity index (χ0n) is 18.1. The molecule has 1 N–H and O–H groups in total. The number of hydrogen-bond donors (Lipinski definition) is 1. The summed E-state index contributed by atoms with van der Waals surface area (Å²) in [6.45, 7) is 8.67. The van der Waals surface area contributed by atoms with Crippen molar-refractivity contribution < 1.29 is 14.4 Å². The van der Waals surface area contributed by atoms with Crippen LogP contribution in [0.1, 0.15) is 82.9 Å². The minimum Gasteiger partial charge on any atom is -0.349 e. The smallest absolute Gasteiger partial charge is 0.233 e. The Bertz CT molecular complexity index is 730. The maximum Gasteiger partial charge on any atom is 0.233 e. The molecule has 1 saturated carbocycles. The van der Waals surface area contributed by atoms with Crippen molar-refractivity contribution in [2.75, 3.05) is 6.54 Å². The molecule has 5 nitrogen and oxygen atoms in total. The molecule has 3 rings (SSSR count). The summed E-state index contributed by atoms with van der Waals surface area (Å²) in [4.78, 5) is 39.1. The van der Waals surface area contributed by atoms with E-state index in [4.69, 9.17) is 0 Å². The predicted molar refractivity (Wildman–Crippen MR) is 113 cm³/mol. The summed E-state index contributed by atoms with van der Waals surface area (Å²) in [6, 6.07) is 8.31. The first-order valence-electron chi connectivity index (χ1n) is 11.0. The van der Waals surface area contributed by atoms with Crippen LogP contribution in [0.2, 0.25) is 0 Å². The lowest BCUT2D eigenvalue weighted by molar-refractivity contribution is -0.140. The summed E-state index contributed by atoms with van der Waals surface area (Å²) in [6.07, 6.45) is 3.80. The molecule has 0 radical (unpaired) electrons. The SMILES string of the molecule is CC(C)c1ccc([C@H](NC(=O)CCN2C(=O)[C@H]3CCCC[C@@H]3C2=O)C(C)C)cc1. The zero-order chi connectivity index (χ0) is 21.1. The average molecular weight is 399 g/mol. The molecule has 0 spiro atoms. The summed E-state index contributed by atoms with van der Waals surface area (Å²) >= 11 is 0. The first-order chi connectivity index (χ1) is 13.8. The molecule has 0 aromatic heterocycles. The van der Waals surface area contributed by atoms with E-state index in [-0.39, 0.29) is 54.5 Å². The third-order valence-corrected chi connectivity index (χ3v) is 6.44. The quantitative estimate of drug-likeness (QED) is 0.701. The second kappa shape index (κ2) is 9.10. The molecule has 0 unspecified atom stereocenters. The van der Waals surface area contributed by atoms with Crippen LogP contribution in [-0.2, 0) is 14.4 Å². The highest BCUT2D eigenvalue weighted by Crippen LogP contribution is 2.38. The monoisotopic (exact) mass is 398 g/mol. The van der Waals surface area contributed by atoms with Crippen LogP contribution in [0.3, 0.4) is 0 Å². The fraction of sp³-hybridized carbons (Fsp3) is 0.625. The van der Waals surface area contributed by atoms with E-state index < -0.39 is 0 Å². The van der Waals surface area contributed by atoms with E-state index in [0.717, 1.165) is 31.2 Å². The highest BCUT2D eigenvalue weighted by atomic mass is 16.2. The Morgan fingerprint density at radius 3 is 1.97 bits per heavy atom. The molecular weight excluding hydrogens is 364 g/mol. The van der Waals surface area contributed by atoms with Gasteiger partial charge in [-0.15, -0.1) is 0 Å². The molecule has 3 amide bonds. The van der Waals surface area contributed by atoms with Gasteiger partial charge in [0.1, 0.15) is 0 Å². The van der Waals surface area contributed by atoms with Crippen molar-refractivity contribution in [2.24, 2.45) is 17.8 Å². The number of imide groups is 1. The first kappa shape index (κ1) is 21.5. The summed E-state index contributed by atoms with van der Waals surface area (Å²) < 4.78 is 0.